The van der Waals surface area contributed by atoms with Crippen molar-refractivity contribution in [2.45, 2.75) is 6.92 Å². The highest BCUT2D eigenvalue weighted by Gasteiger charge is 2.24. The molecule has 3 aromatic rings. The number of carboxylic acid groups (broad SMARTS) is 1. The number of halogens is 1. The molecule has 1 saturated heterocycles. The van der Waals surface area contributed by atoms with Crippen molar-refractivity contribution < 1.29 is 19.1 Å². The van der Waals surface area contributed by atoms with E-state index in [0.29, 0.717) is 32.3 Å². The van der Waals surface area contributed by atoms with Gasteiger partial charge < -0.3 is 14.8 Å². The molecule has 4 rings (SSSR count). The molecule has 0 saturated carbocycles. The van der Waals surface area contributed by atoms with E-state index < -0.39 is 5.97 Å². The van der Waals surface area contributed by atoms with E-state index >= 15 is 0 Å². The zero-order valence-electron chi connectivity index (χ0n) is 15.7. The molecular weight excluding hydrogens is 424 g/mol. The van der Waals surface area contributed by atoms with E-state index in [0.717, 1.165) is 11.1 Å². The maximum absolute atomic E-state index is 12.3. The van der Waals surface area contributed by atoms with Crippen LogP contribution < -0.4 is 5.32 Å². The molecule has 1 amide bonds. The number of hydrogen-bond acceptors (Lipinski definition) is 5. The number of amidine groups is 1. The van der Waals surface area contributed by atoms with Gasteiger partial charge in [-0.05, 0) is 60.6 Å². The minimum atomic E-state index is -0.985. The topological polar surface area (TPSA) is 91.9 Å². The number of amides is 1. The molecule has 1 fully saturated rings. The molecule has 2 aromatic carbocycles. The Morgan fingerprint density at radius 3 is 2.67 bits per heavy atom. The number of carbonyl (C=O) groups is 2. The monoisotopic (exact) mass is 438 g/mol. The lowest BCUT2D eigenvalue weighted by atomic mass is 10.1. The SMILES string of the molecule is Cc1c(Cl)cccc1N=C1NC(=O)/C(=C\c2ccc(-c3ccc(C(=O)O)cc3)o2)S1. The second-order valence-electron chi connectivity index (χ2n) is 6.45. The summed E-state index contributed by atoms with van der Waals surface area (Å²) in [6.07, 6.45) is 1.64. The van der Waals surface area contributed by atoms with E-state index in [4.69, 9.17) is 21.1 Å². The molecule has 150 valence electrons. The second-order valence-corrected chi connectivity index (χ2v) is 7.89. The van der Waals surface area contributed by atoms with Gasteiger partial charge in [-0.2, -0.15) is 0 Å². The molecule has 30 heavy (non-hydrogen) atoms. The fourth-order valence-corrected chi connectivity index (χ4v) is 3.78. The van der Waals surface area contributed by atoms with Crippen molar-refractivity contribution in [3.8, 4) is 11.3 Å². The van der Waals surface area contributed by atoms with Gasteiger partial charge in [-0.15, -0.1) is 0 Å². The minimum absolute atomic E-state index is 0.202. The van der Waals surface area contributed by atoms with Crippen molar-refractivity contribution in [3.05, 3.63) is 81.4 Å². The molecule has 2 N–H and O–H groups in total. The number of aromatic carboxylic acids is 1. The fourth-order valence-electron chi connectivity index (χ4n) is 2.80. The lowest BCUT2D eigenvalue weighted by Crippen LogP contribution is -2.19. The van der Waals surface area contributed by atoms with Crippen LogP contribution in [0.5, 0.6) is 0 Å². The van der Waals surface area contributed by atoms with E-state index in [2.05, 4.69) is 10.3 Å². The Bertz CT molecular complexity index is 1210. The number of nitrogens with one attached hydrogen (secondary N) is 1. The Kier molecular flexibility index (Phi) is 5.48. The van der Waals surface area contributed by atoms with Crippen LogP contribution in [0.15, 0.2) is 68.9 Å². The number of nitrogens with zero attached hydrogens (tertiary/aromatic N) is 1. The van der Waals surface area contributed by atoms with Crippen molar-refractivity contribution in [1.82, 2.24) is 5.32 Å². The zero-order valence-corrected chi connectivity index (χ0v) is 17.3. The highest BCUT2D eigenvalue weighted by molar-refractivity contribution is 8.18. The van der Waals surface area contributed by atoms with Crippen molar-refractivity contribution in [2.24, 2.45) is 4.99 Å². The summed E-state index contributed by atoms with van der Waals surface area (Å²) in [6, 6.07) is 15.3. The third kappa shape index (κ3) is 4.17. The first-order chi connectivity index (χ1) is 14.4. The standard InChI is InChI=1S/C22H15ClN2O4S/c1-12-16(23)3-2-4-17(12)24-22-25-20(26)19(30-22)11-15-9-10-18(29-15)13-5-7-14(8-6-13)21(27)28/h2-11H,1H3,(H,27,28)(H,24,25,26)/b19-11+. The lowest BCUT2D eigenvalue weighted by molar-refractivity contribution is -0.115. The summed E-state index contributed by atoms with van der Waals surface area (Å²) in [7, 11) is 0. The average molecular weight is 439 g/mol. The molecule has 0 radical (unpaired) electrons. The van der Waals surface area contributed by atoms with Gasteiger partial charge in [0.2, 0.25) is 0 Å². The van der Waals surface area contributed by atoms with Crippen molar-refractivity contribution in [1.29, 1.82) is 0 Å². The summed E-state index contributed by atoms with van der Waals surface area (Å²) in [5, 5.41) is 12.8. The molecule has 0 spiro atoms. The zero-order chi connectivity index (χ0) is 21.3. The van der Waals surface area contributed by atoms with Crippen LogP contribution in [-0.4, -0.2) is 22.2 Å². The number of rotatable bonds is 4. The third-order valence-electron chi connectivity index (χ3n) is 4.43. The van der Waals surface area contributed by atoms with Crippen LogP contribution in [0.1, 0.15) is 21.7 Å². The summed E-state index contributed by atoms with van der Waals surface area (Å²) in [5.41, 5.74) is 2.47. The summed E-state index contributed by atoms with van der Waals surface area (Å²) in [5.74, 6) is -0.167. The Hall–Kier alpha value is -3.29. The Morgan fingerprint density at radius 1 is 1.17 bits per heavy atom. The first-order valence-electron chi connectivity index (χ1n) is 8.89. The number of carboxylic acids is 1. The summed E-state index contributed by atoms with van der Waals surface area (Å²) in [4.78, 5) is 28.2. The van der Waals surface area contributed by atoms with Crippen LogP contribution in [0, 0.1) is 6.92 Å². The summed E-state index contributed by atoms with van der Waals surface area (Å²) < 4.78 is 5.79. The molecule has 8 heteroatoms. The highest BCUT2D eigenvalue weighted by atomic mass is 35.5. The van der Waals surface area contributed by atoms with Crippen LogP contribution in [-0.2, 0) is 4.79 Å². The number of aliphatic imine (C=N–C) groups is 1. The predicted octanol–water partition coefficient (Wildman–Crippen LogP) is 5.50. The molecule has 6 nitrogen and oxygen atoms in total. The van der Waals surface area contributed by atoms with E-state index in [1.165, 1.54) is 23.9 Å². The number of benzene rings is 2. The predicted molar refractivity (Wildman–Crippen MR) is 118 cm³/mol. The Balaban J connectivity index is 1.54. The fraction of sp³-hybridized carbons (Fsp3) is 0.0455. The van der Waals surface area contributed by atoms with Gasteiger partial charge in [0, 0.05) is 16.7 Å². The number of hydrogen-bond donors (Lipinski definition) is 2. The van der Waals surface area contributed by atoms with Crippen LogP contribution in [0.25, 0.3) is 17.4 Å². The third-order valence-corrected chi connectivity index (χ3v) is 5.75. The van der Waals surface area contributed by atoms with Crippen LogP contribution >= 0.6 is 23.4 Å². The largest absolute Gasteiger partial charge is 0.478 e. The van der Waals surface area contributed by atoms with Gasteiger partial charge in [0.25, 0.3) is 5.91 Å². The first kappa shape index (κ1) is 20.0. The van der Waals surface area contributed by atoms with Gasteiger partial charge in [-0.25, -0.2) is 9.79 Å². The highest BCUT2D eigenvalue weighted by Crippen LogP contribution is 2.32. The second kappa shape index (κ2) is 8.22. The van der Waals surface area contributed by atoms with Gasteiger partial charge in [-0.1, -0.05) is 29.8 Å². The van der Waals surface area contributed by atoms with Gasteiger partial charge in [-0.3, -0.25) is 4.79 Å². The number of furan rings is 1. The average Bonchev–Trinajstić information content (AvgIpc) is 3.32. The van der Waals surface area contributed by atoms with Crippen LogP contribution in [0.3, 0.4) is 0 Å². The van der Waals surface area contributed by atoms with Crippen molar-refractivity contribution in [3.63, 3.8) is 0 Å². The molecule has 0 unspecified atom stereocenters. The number of thioether (sulfide) groups is 1. The smallest absolute Gasteiger partial charge is 0.335 e. The van der Waals surface area contributed by atoms with Crippen LogP contribution in [0.2, 0.25) is 5.02 Å². The van der Waals surface area contributed by atoms with E-state index in [1.54, 1.807) is 42.5 Å². The molecule has 1 aliphatic heterocycles. The molecular formula is C22H15ClN2O4S. The van der Waals surface area contributed by atoms with Gasteiger partial charge in [0.1, 0.15) is 11.5 Å². The van der Waals surface area contributed by atoms with E-state index in [1.807, 2.05) is 13.0 Å². The Morgan fingerprint density at radius 2 is 1.93 bits per heavy atom. The maximum atomic E-state index is 12.3. The van der Waals surface area contributed by atoms with Crippen LogP contribution in [0.4, 0.5) is 5.69 Å². The first-order valence-corrected chi connectivity index (χ1v) is 10.1. The lowest BCUT2D eigenvalue weighted by Gasteiger charge is -2.02. The van der Waals surface area contributed by atoms with Gasteiger partial charge in [0.05, 0.1) is 16.2 Å². The molecule has 0 aliphatic carbocycles. The molecule has 0 bridgehead atoms. The maximum Gasteiger partial charge on any atom is 0.335 e. The summed E-state index contributed by atoms with van der Waals surface area (Å²) in [6.45, 7) is 1.87. The molecule has 1 aromatic heterocycles. The Labute approximate surface area is 181 Å². The van der Waals surface area contributed by atoms with Crippen molar-refractivity contribution >= 4 is 52.2 Å². The molecule has 1 aliphatic rings. The molecule has 2 heterocycles. The quantitative estimate of drug-likeness (QED) is 0.525. The van der Waals surface area contributed by atoms with Gasteiger partial charge >= 0.3 is 5.97 Å². The molecule has 0 atom stereocenters. The number of carbonyl (C=O) groups excluding carboxylic acids is 1. The van der Waals surface area contributed by atoms with E-state index in [-0.39, 0.29) is 11.5 Å². The van der Waals surface area contributed by atoms with Crippen molar-refractivity contribution in [2.75, 3.05) is 0 Å². The summed E-state index contributed by atoms with van der Waals surface area (Å²) >= 11 is 7.34. The van der Waals surface area contributed by atoms with Gasteiger partial charge in [0.15, 0.2) is 5.17 Å². The normalized spacial score (nSPS) is 16.3. The van der Waals surface area contributed by atoms with E-state index in [9.17, 15) is 9.59 Å². The minimum Gasteiger partial charge on any atom is -0.478 e.